The number of aliphatic hydroxyl groups is 2. The fourth-order valence-electron chi connectivity index (χ4n) is 3.18. The quantitative estimate of drug-likeness (QED) is 0.280. The van der Waals surface area contributed by atoms with Gasteiger partial charge in [-0.1, -0.05) is 50.8 Å². The zero-order valence-corrected chi connectivity index (χ0v) is 15.9. The Bertz CT molecular complexity index is 469. The van der Waals surface area contributed by atoms with E-state index in [0.29, 0.717) is 12.3 Å². The fraction of sp³-hybridized carbons (Fsp3) is 0.714. The highest BCUT2D eigenvalue weighted by Crippen LogP contribution is 2.30. The number of rotatable bonds is 14. The molecule has 26 heavy (non-hydrogen) atoms. The Balaban J connectivity index is 2.06. The van der Waals surface area contributed by atoms with Gasteiger partial charge in [0, 0.05) is 12.3 Å². The number of ketones is 1. The highest BCUT2D eigenvalue weighted by Gasteiger charge is 2.28. The molecule has 0 amide bonds. The van der Waals surface area contributed by atoms with Crippen LogP contribution in [0.15, 0.2) is 24.3 Å². The molecule has 0 aromatic carbocycles. The van der Waals surface area contributed by atoms with Crippen LogP contribution in [0.5, 0.6) is 0 Å². The first kappa shape index (κ1) is 22.6. The minimum absolute atomic E-state index is 0.127. The van der Waals surface area contributed by atoms with E-state index in [9.17, 15) is 9.59 Å². The van der Waals surface area contributed by atoms with Crippen molar-refractivity contribution in [2.24, 2.45) is 11.8 Å². The van der Waals surface area contributed by atoms with Gasteiger partial charge in [-0.25, -0.2) is 0 Å². The van der Waals surface area contributed by atoms with Crippen molar-refractivity contribution in [3.8, 4) is 0 Å². The normalized spacial score (nSPS) is 20.8. The Morgan fingerprint density at radius 3 is 2.69 bits per heavy atom. The first-order chi connectivity index (χ1) is 12.6. The van der Waals surface area contributed by atoms with Crippen LogP contribution in [0, 0.1) is 11.8 Å². The van der Waals surface area contributed by atoms with Crippen molar-refractivity contribution in [1.82, 2.24) is 0 Å². The molecule has 0 aliphatic heterocycles. The highest BCUT2D eigenvalue weighted by molar-refractivity contribution is 5.94. The lowest BCUT2D eigenvalue weighted by Gasteiger charge is -2.16. The van der Waals surface area contributed by atoms with E-state index in [0.717, 1.165) is 51.4 Å². The van der Waals surface area contributed by atoms with Crippen LogP contribution < -0.4 is 0 Å². The third-order valence-electron chi connectivity index (χ3n) is 4.75. The SMILES string of the molecule is CC/C=C\C[C@@H]1C(=O)C=C[C@@H]1CCCCCCCC(=O)OCC(O)CO. The fourth-order valence-corrected chi connectivity index (χ4v) is 3.18. The van der Waals surface area contributed by atoms with Crippen LogP contribution in [0.2, 0.25) is 0 Å². The number of unbranched alkanes of at least 4 members (excludes halogenated alkanes) is 4. The number of carbonyl (C=O) groups excluding carboxylic acids is 2. The van der Waals surface area contributed by atoms with Gasteiger partial charge in [0.2, 0.25) is 0 Å². The molecular weight excluding hydrogens is 332 g/mol. The molecule has 148 valence electrons. The lowest BCUT2D eigenvalue weighted by Crippen LogP contribution is -2.21. The van der Waals surface area contributed by atoms with E-state index in [1.54, 1.807) is 6.08 Å². The zero-order valence-electron chi connectivity index (χ0n) is 15.9. The summed E-state index contributed by atoms with van der Waals surface area (Å²) in [5.41, 5.74) is 0. The zero-order chi connectivity index (χ0) is 19.2. The minimum atomic E-state index is -0.989. The Kier molecular flexibility index (Phi) is 11.9. The Morgan fingerprint density at radius 1 is 1.23 bits per heavy atom. The third-order valence-corrected chi connectivity index (χ3v) is 4.75. The highest BCUT2D eigenvalue weighted by atomic mass is 16.5. The minimum Gasteiger partial charge on any atom is -0.463 e. The van der Waals surface area contributed by atoms with Crippen molar-refractivity contribution >= 4 is 11.8 Å². The van der Waals surface area contributed by atoms with E-state index >= 15 is 0 Å². The molecule has 0 bridgehead atoms. The van der Waals surface area contributed by atoms with Crippen LogP contribution in [0.1, 0.15) is 64.7 Å². The number of hydrogen-bond acceptors (Lipinski definition) is 5. The van der Waals surface area contributed by atoms with Crippen molar-refractivity contribution in [2.75, 3.05) is 13.2 Å². The topological polar surface area (TPSA) is 83.8 Å². The van der Waals surface area contributed by atoms with Gasteiger partial charge in [-0.05, 0) is 37.7 Å². The second kappa shape index (κ2) is 13.7. The monoisotopic (exact) mass is 366 g/mol. The van der Waals surface area contributed by atoms with E-state index in [1.165, 1.54) is 0 Å². The second-order valence-electron chi connectivity index (χ2n) is 6.97. The summed E-state index contributed by atoms with van der Waals surface area (Å²) in [5, 5.41) is 17.7. The molecule has 0 saturated heterocycles. The number of aliphatic hydroxyl groups excluding tert-OH is 2. The van der Waals surface area contributed by atoms with Crippen molar-refractivity contribution in [3.05, 3.63) is 24.3 Å². The first-order valence-corrected chi connectivity index (χ1v) is 9.90. The number of carbonyl (C=O) groups is 2. The average molecular weight is 366 g/mol. The Hall–Kier alpha value is -1.46. The molecule has 0 saturated carbocycles. The van der Waals surface area contributed by atoms with Crippen LogP contribution in [0.4, 0.5) is 0 Å². The molecule has 1 aliphatic rings. The first-order valence-electron chi connectivity index (χ1n) is 9.90. The van der Waals surface area contributed by atoms with Crippen LogP contribution in [-0.2, 0) is 14.3 Å². The lowest BCUT2D eigenvalue weighted by molar-refractivity contribution is -0.147. The summed E-state index contributed by atoms with van der Waals surface area (Å²) < 4.78 is 4.86. The van der Waals surface area contributed by atoms with E-state index in [1.807, 2.05) is 0 Å². The van der Waals surface area contributed by atoms with Crippen molar-refractivity contribution in [1.29, 1.82) is 0 Å². The maximum Gasteiger partial charge on any atom is 0.305 e. The summed E-state index contributed by atoms with van der Waals surface area (Å²) in [5.74, 6) is 0.439. The molecule has 5 heteroatoms. The van der Waals surface area contributed by atoms with Crippen molar-refractivity contribution in [3.63, 3.8) is 0 Å². The van der Waals surface area contributed by atoms with Crippen molar-refractivity contribution in [2.45, 2.75) is 70.8 Å². The summed E-state index contributed by atoms with van der Waals surface area (Å²) in [6.45, 7) is 1.56. The molecule has 0 aromatic heterocycles. The van der Waals surface area contributed by atoms with Gasteiger partial charge in [0.05, 0.1) is 6.61 Å². The summed E-state index contributed by atoms with van der Waals surface area (Å²) in [7, 11) is 0. The molecule has 0 heterocycles. The molecule has 0 aromatic rings. The molecule has 1 rings (SSSR count). The summed E-state index contributed by atoms with van der Waals surface area (Å²) in [6, 6.07) is 0. The van der Waals surface area contributed by atoms with Gasteiger partial charge in [-0.3, -0.25) is 9.59 Å². The smallest absolute Gasteiger partial charge is 0.305 e. The van der Waals surface area contributed by atoms with Gasteiger partial charge in [0.1, 0.15) is 12.7 Å². The van der Waals surface area contributed by atoms with Crippen LogP contribution in [-0.4, -0.2) is 41.3 Å². The van der Waals surface area contributed by atoms with Crippen LogP contribution in [0.25, 0.3) is 0 Å². The van der Waals surface area contributed by atoms with Crippen LogP contribution >= 0.6 is 0 Å². The summed E-state index contributed by atoms with van der Waals surface area (Å²) in [6.07, 6.45) is 15.4. The number of hydrogen-bond donors (Lipinski definition) is 2. The van der Waals surface area contributed by atoms with E-state index < -0.39 is 12.7 Å². The predicted molar refractivity (Wildman–Crippen MR) is 102 cm³/mol. The van der Waals surface area contributed by atoms with E-state index in [4.69, 9.17) is 14.9 Å². The largest absolute Gasteiger partial charge is 0.463 e. The molecule has 3 atom stereocenters. The van der Waals surface area contributed by atoms with Gasteiger partial charge in [-0.2, -0.15) is 0 Å². The van der Waals surface area contributed by atoms with E-state index in [2.05, 4.69) is 25.2 Å². The average Bonchev–Trinajstić information content (AvgIpc) is 2.99. The predicted octanol–water partition coefficient (Wildman–Crippen LogP) is 3.34. The molecule has 1 aliphatic carbocycles. The molecule has 0 fully saturated rings. The summed E-state index contributed by atoms with van der Waals surface area (Å²) in [4.78, 5) is 23.4. The van der Waals surface area contributed by atoms with E-state index in [-0.39, 0.29) is 24.3 Å². The summed E-state index contributed by atoms with van der Waals surface area (Å²) >= 11 is 0. The Labute approximate surface area is 157 Å². The molecule has 1 unspecified atom stereocenters. The maximum atomic E-state index is 11.9. The maximum absolute atomic E-state index is 11.9. The third kappa shape index (κ3) is 9.30. The number of allylic oxidation sites excluding steroid dienone is 4. The number of esters is 1. The molecule has 0 spiro atoms. The van der Waals surface area contributed by atoms with Gasteiger partial charge < -0.3 is 14.9 Å². The van der Waals surface area contributed by atoms with Crippen LogP contribution in [0.3, 0.4) is 0 Å². The van der Waals surface area contributed by atoms with Gasteiger partial charge in [-0.15, -0.1) is 0 Å². The van der Waals surface area contributed by atoms with Gasteiger partial charge in [0.25, 0.3) is 0 Å². The molecular formula is C21H34O5. The van der Waals surface area contributed by atoms with Crippen molar-refractivity contribution < 1.29 is 24.5 Å². The molecule has 5 nitrogen and oxygen atoms in total. The molecule has 2 N–H and O–H groups in total. The second-order valence-corrected chi connectivity index (χ2v) is 6.97. The lowest BCUT2D eigenvalue weighted by atomic mass is 9.87. The van der Waals surface area contributed by atoms with Gasteiger partial charge >= 0.3 is 5.97 Å². The standard InChI is InChI=1S/C21H34O5/c1-2-3-7-11-19-17(13-14-20(19)24)10-8-5-4-6-9-12-21(25)26-16-18(23)15-22/h3,7,13-14,17-19,22-23H,2,4-6,8-12,15-16H2,1H3/b7-3-/t17-,18?,19-/m0/s1. The molecule has 0 radical (unpaired) electrons. The van der Waals surface area contributed by atoms with Gasteiger partial charge in [0.15, 0.2) is 5.78 Å². The Morgan fingerprint density at radius 2 is 1.96 bits per heavy atom. The number of ether oxygens (including phenoxy) is 1.